The number of carbonyl (C=O) groups excluding carboxylic acids is 1. The van der Waals surface area contributed by atoms with Crippen LogP contribution in [-0.2, 0) is 4.79 Å². The zero-order valence-corrected chi connectivity index (χ0v) is 14.8. The van der Waals surface area contributed by atoms with Gasteiger partial charge < -0.3 is 14.8 Å². The first-order chi connectivity index (χ1) is 12.0. The lowest BCUT2D eigenvalue weighted by Gasteiger charge is -2.11. The summed E-state index contributed by atoms with van der Waals surface area (Å²) < 4.78 is 10.5. The standard InChI is InChI=1S/C19H17ClN2O3/c1-12-7-8-15(20)10-16(12)22-19(23)14(11-21)9-13-5-4-6-17(24-2)18(13)25-3/h4-10H,1-3H3,(H,22,23)/b14-9+. The van der Waals surface area contributed by atoms with Gasteiger partial charge in [0, 0.05) is 16.3 Å². The van der Waals surface area contributed by atoms with Gasteiger partial charge in [0.15, 0.2) is 11.5 Å². The van der Waals surface area contributed by atoms with Crippen molar-refractivity contribution in [3.63, 3.8) is 0 Å². The van der Waals surface area contributed by atoms with Gasteiger partial charge in [-0.2, -0.15) is 5.26 Å². The smallest absolute Gasteiger partial charge is 0.266 e. The van der Waals surface area contributed by atoms with E-state index in [1.165, 1.54) is 20.3 Å². The Morgan fingerprint density at radius 3 is 2.64 bits per heavy atom. The van der Waals surface area contributed by atoms with Gasteiger partial charge in [0.05, 0.1) is 14.2 Å². The molecule has 0 aliphatic carbocycles. The van der Waals surface area contributed by atoms with Crippen molar-refractivity contribution >= 4 is 29.3 Å². The van der Waals surface area contributed by atoms with E-state index in [9.17, 15) is 10.1 Å². The molecule has 0 fully saturated rings. The number of nitriles is 1. The SMILES string of the molecule is COc1cccc(/C=C(\C#N)C(=O)Nc2cc(Cl)ccc2C)c1OC. The Bertz CT molecular complexity index is 869. The molecule has 0 unspecified atom stereocenters. The second kappa shape index (κ2) is 8.22. The van der Waals surface area contributed by atoms with Gasteiger partial charge in [0.25, 0.3) is 5.91 Å². The molecule has 0 atom stereocenters. The average Bonchev–Trinajstić information content (AvgIpc) is 2.62. The number of halogens is 1. The topological polar surface area (TPSA) is 71.3 Å². The van der Waals surface area contributed by atoms with Crippen LogP contribution < -0.4 is 14.8 Å². The molecule has 2 aromatic carbocycles. The van der Waals surface area contributed by atoms with Crippen LogP contribution in [0.3, 0.4) is 0 Å². The van der Waals surface area contributed by atoms with E-state index in [4.69, 9.17) is 21.1 Å². The summed E-state index contributed by atoms with van der Waals surface area (Å²) in [5, 5.41) is 12.6. The molecule has 0 heterocycles. The van der Waals surface area contributed by atoms with Gasteiger partial charge in [-0.05, 0) is 36.8 Å². The lowest BCUT2D eigenvalue weighted by Crippen LogP contribution is -2.14. The van der Waals surface area contributed by atoms with Gasteiger partial charge in [0.2, 0.25) is 0 Å². The number of amides is 1. The highest BCUT2D eigenvalue weighted by atomic mass is 35.5. The first-order valence-electron chi connectivity index (χ1n) is 7.40. The molecule has 25 heavy (non-hydrogen) atoms. The molecule has 2 rings (SSSR count). The summed E-state index contributed by atoms with van der Waals surface area (Å²) in [5.41, 5.74) is 1.90. The van der Waals surface area contributed by atoms with E-state index in [0.717, 1.165) is 5.56 Å². The first kappa shape index (κ1) is 18.4. The van der Waals surface area contributed by atoms with E-state index < -0.39 is 5.91 Å². The summed E-state index contributed by atoms with van der Waals surface area (Å²) in [5.74, 6) is 0.432. The number of nitrogens with zero attached hydrogens (tertiary/aromatic N) is 1. The number of methoxy groups -OCH3 is 2. The number of aryl methyl sites for hydroxylation is 1. The van der Waals surface area contributed by atoms with Crippen molar-refractivity contribution in [2.45, 2.75) is 6.92 Å². The van der Waals surface area contributed by atoms with Crippen LogP contribution in [0.2, 0.25) is 5.02 Å². The molecule has 0 saturated heterocycles. The van der Waals surface area contributed by atoms with Crippen molar-refractivity contribution in [2.24, 2.45) is 0 Å². The first-order valence-corrected chi connectivity index (χ1v) is 7.78. The Morgan fingerprint density at radius 2 is 2.00 bits per heavy atom. The minimum Gasteiger partial charge on any atom is -0.493 e. The monoisotopic (exact) mass is 356 g/mol. The van der Waals surface area contributed by atoms with E-state index >= 15 is 0 Å². The molecule has 0 saturated carbocycles. The largest absolute Gasteiger partial charge is 0.493 e. The van der Waals surface area contributed by atoms with Gasteiger partial charge in [-0.3, -0.25) is 4.79 Å². The Morgan fingerprint density at radius 1 is 1.24 bits per heavy atom. The zero-order chi connectivity index (χ0) is 18.4. The summed E-state index contributed by atoms with van der Waals surface area (Å²) in [6, 6.07) is 12.3. The molecule has 128 valence electrons. The molecule has 1 N–H and O–H groups in total. The van der Waals surface area contributed by atoms with Crippen LogP contribution in [0.1, 0.15) is 11.1 Å². The predicted octanol–water partition coefficient (Wildman–Crippen LogP) is 4.21. The van der Waals surface area contributed by atoms with Crippen LogP contribution in [0, 0.1) is 18.3 Å². The quantitative estimate of drug-likeness (QED) is 0.643. The van der Waals surface area contributed by atoms with Gasteiger partial charge in [0.1, 0.15) is 11.6 Å². The molecule has 0 aliphatic heterocycles. The van der Waals surface area contributed by atoms with E-state index in [2.05, 4.69) is 5.32 Å². The highest BCUT2D eigenvalue weighted by Gasteiger charge is 2.14. The van der Waals surface area contributed by atoms with E-state index in [1.54, 1.807) is 36.4 Å². The number of ether oxygens (including phenoxy) is 2. The number of carbonyl (C=O) groups is 1. The molecule has 0 aliphatic rings. The van der Waals surface area contributed by atoms with Crippen molar-refractivity contribution in [3.05, 3.63) is 58.1 Å². The molecule has 2 aromatic rings. The highest BCUT2D eigenvalue weighted by molar-refractivity contribution is 6.31. The third kappa shape index (κ3) is 4.31. The summed E-state index contributed by atoms with van der Waals surface area (Å²) >= 11 is 5.96. The van der Waals surface area contributed by atoms with Crippen LogP contribution >= 0.6 is 11.6 Å². The fourth-order valence-electron chi connectivity index (χ4n) is 2.25. The maximum Gasteiger partial charge on any atom is 0.266 e. The summed E-state index contributed by atoms with van der Waals surface area (Å²) in [6.45, 7) is 1.84. The maximum atomic E-state index is 12.4. The van der Waals surface area contributed by atoms with E-state index in [0.29, 0.717) is 27.8 Å². The van der Waals surface area contributed by atoms with Crippen LogP contribution in [-0.4, -0.2) is 20.1 Å². The number of anilines is 1. The van der Waals surface area contributed by atoms with Crippen molar-refractivity contribution < 1.29 is 14.3 Å². The van der Waals surface area contributed by atoms with Gasteiger partial charge in [-0.1, -0.05) is 29.8 Å². The Hall–Kier alpha value is -2.97. The fourth-order valence-corrected chi connectivity index (χ4v) is 2.42. The third-order valence-electron chi connectivity index (χ3n) is 3.55. The van der Waals surface area contributed by atoms with Gasteiger partial charge in [-0.25, -0.2) is 0 Å². The van der Waals surface area contributed by atoms with Crippen LogP contribution in [0.15, 0.2) is 42.0 Å². The molecule has 5 nitrogen and oxygen atoms in total. The molecular formula is C19H17ClN2O3. The number of hydrogen-bond donors (Lipinski definition) is 1. The number of nitrogens with one attached hydrogen (secondary N) is 1. The lowest BCUT2D eigenvalue weighted by molar-refractivity contribution is -0.112. The Kier molecular flexibility index (Phi) is 6.04. The summed E-state index contributed by atoms with van der Waals surface area (Å²) in [7, 11) is 3.02. The van der Waals surface area contributed by atoms with Gasteiger partial charge in [-0.15, -0.1) is 0 Å². The van der Waals surface area contributed by atoms with Crippen molar-refractivity contribution in [2.75, 3.05) is 19.5 Å². The Labute approximate surface area is 151 Å². The molecule has 0 aromatic heterocycles. The third-order valence-corrected chi connectivity index (χ3v) is 3.78. The summed E-state index contributed by atoms with van der Waals surface area (Å²) in [6.07, 6.45) is 1.45. The molecule has 0 spiro atoms. The molecule has 6 heteroatoms. The lowest BCUT2D eigenvalue weighted by atomic mass is 10.1. The molecule has 1 amide bonds. The van der Waals surface area contributed by atoms with Gasteiger partial charge >= 0.3 is 0 Å². The second-order valence-electron chi connectivity index (χ2n) is 5.17. The zero-order valence-electron chi connectivity index (χ0n) is 14.1. The number of benzene rings is 2. The van der Waals surface area contributed by atoms with E-state index in [1.807, 2.05) is 13.0 Å². The second-order valence-corrected chi connectivity index (χ2v) is 5.60. The summed E-state index contributed by atoms with van der Waals surface area (Å²) in [4.78, 5) is 12.4. The van der Waals surface area contributed by atoms with E-state index in [-0.39, 0.29) is 5.57 Å². The molecule has 0 radical (unpaired) electrons. The predicted molar refractivity (Wildman–Crippen MR) is 98.0 cm³/mol. The average molecular weight is 357 g/mol. The number of para-hydroxylation sites is 1. The molecular weight excluding hydrogens is 340 g/mol. The fraction of sp³-hybridized carbons (Fsp3) is 0.158. The Balaban J connectivity index is 2.36. The van der Waals surface area contributed by atoms with Crippen LogP contribution in [0.25, 0.3) is 6.08 Å². The van der Waals surface area contributed by atoms with Crippen molar-refractivity contribution in [1.82, 2.24) is 0 Å². The van der Waals surface area contributed by atoms with Crippen LogP contribution in [0.5, 0.6) is 11.5 Å². The minimum absolute atomic E-state index is 0.0640. The normalized spacial score (nSPS) is 10.8. The maximum absolute atomic E-state index is 12.4. The van der Waals surface area contributed by atoms with Crippen molar-refractivity contribution in [3.8, 4) is 17.6 Å². The molecule has 0 bridgehead atoms. The van der Waals surface area contributed by atoms with Crippen LogP contribution in [0.4, 0.5) is 5.69 Å². The number of hydrogen-bond acceptors (Lipinski definition) is 4. The highest BCUT2D eigenvalue weighted by Crippen LogP contribution is 2.32. The minimum atomic E-state index is -0.530. The van der Waals surface area contributed by atoms with Crippen molar-refractivity contribution in [1.29, 1.82) is 5.26 Å². The number of rotatable bonds is 5.